The molecule has 0 aliphatic rings. The molecule has 1 aromatic heterocycles. The number of hydrogen-bond donors (Lipinski definition) is 2. The van der Waals surface area contributed by atoms with Gasteiger partial charge >= 0.3 is 0 Å². The van der Waals surface area contributed by atoms with E-state index in [1.807, 2.05) is 30.3 Å². The van der Waals surface area contributed by atoms with Gasteiger partial charge in [0.15, 0.2) is 0 Å². The van der Waals surface area contributed by atoms with Gasteiger partial charge in [-0.25, -0.2) is 0 Å². The highest BCUT2D eigenvalue weighted by atomic mass is 16.3. The molecule has 3 rings (SSSR count). The fraction of sp³-hybridized carbons (Fsp3) is 0. The summed E-state index contributed by atoms with van der Waals surface area (Å²) in [4.78, 5) is 4.28. The highest BCUT2D eigenvalue weighted by molar-refractivity contribution is 5.95. The van der Waals surface area contributed by atoms with Crippen molar-refractivity contribution in [1.29, 1.82) is 0 Å². The van der Waals surface area contributed by atoms with E-state index < -0.39 is 0 Å². The van der Waals surface area contributed by atoms with Gasteiger partial charge in [0.25, 0.3) is 0 Å². The number of nitrogens with zero attached hydrogens (tertiary/aromatic N) is 1. The van der Waals surface area contributed by atoms with Gasteiger partial charge in [-0.05, 0) is 29.8 Å². The number of pyridine rings is 1. The van der Waals surface area contributed by atoms with E-state index in [0.717, 1.165) is 16.5 Å². The first kappa shape index (κ1) is 10.6. The maximum Gasteiger partial charge on any atom is 0.127 e. The monoisotopic (exact) mass is 237 g/mol. The van der Waals surface area contributed by atoms with Crippen molar-refractivity contribution in [2.24, 2.45) is 0 Å². The van der Waals surface area contributed by atoms with E-state index >= 15 is 0 Å². The van der Waals surface area contributed by atoms with E-state index in [2.05, 4.69) is 4.98 Å². The van der Waals surface area contributed by atoms with Gasteiger partial charge in [-0.15, -0.1) is 0 Å². The van der Waals surface area contributed by atoms with Crippen molar-refractivity contribution in [1.82, 2.24) is 4.98 Å². The first-order valence-corrected chi connectivity index (χ1v) is 5.62. The van der Waals surface area contributed by atoms with Crippen molar-refractivity contribution in [3.8, 4) is 22.6 Å². The van der Waals surface area contributed by atoms with Crippen molar-refractivity contribution >= 4 is 10.9 Å². The molecule has 2 aromatic carbocycles. The molecular formula is C15H11NO2. The Labute approximate surface area is 104 Å². The Kier molecular flexibility index (Phi) is 2.38. The van der Waals surface area contributed by atoms with Gasteiger partial charge in [-0.3, -0.25) is 4.98 Å². The molecule has 1 heterocycles. The third-order valence-electron chi connectivity index (χ3n) is 2.92. The molecule has 3 nitrogen and oxygen atoms in total. The third kappa shape index (κ3) is 1.66. The second kappa shape index (κ2) is 4.04. The molecule has 3 aromatic rings. The molecule has 0 saturated heterocycles. The van der Waals surface area contributed by atoms with Crippen LogP contribution in [-0.4, -0.2) is 15.2 Å². The van der Waals surface area contributed by atoms with Gasteiger partial charge in [0.1, 0.15) is 11.5 Å². The first-order valence-electron chi connectivity index (χ1n) is 5.62. The van der Waals surface area contributed by atoms with Crippen LogP contribution in [-0.2, 0) is 0 Å². The number of aromatic nitrogens is 1. The topological polar surface area (TPSA) is 53.4 Å². The molecule has 3 heteroatoms. The van der Waals surface area contributed by atoms with Crippen molar-refractivity contribution in [2.75, 3.05) is 0 Å². The smallest absolute Gasteiger partial charge is 0.127 e. The molecule has 2 N–H and O–H groups in total. The Bertz CT molecular complexity index is 717. The van der Waals surface area contributed by atoms with Gasteiger partial charge in [-0.1, -0.05) is 18.2 Å². The standard InChI is InChI=1S/C15H11NO2/c17-10-5-6-13(15(18)9-10)11-7-8-16-14-4-2-1-3-12(11)14/h1-9,17-18H. The Hall–Kier alpha value is -2.55. The summed E-state index contributed by atoms with van der Waals surface area (Å²) in [5, 5.41) is 20.2. The molecule has 0 aliphatic carbocycles. The minimum atomic E-state index is 0.0506. The fourth-order valence-corrected chi connectivity index (χ4v) is 2.08. The number of phenols is 2. The molecule has 0 amide bonds. The third-order valence-corrected chi connectivity index (χ3v) is 2.92. The number of rotatable bonds is 1. The Morgan fingerprint density at radius 2 is 1.67 bits per heavy atom. The van der Waals surface area contributed by atoms with Crippen LogP contribution in [0.2, 0.25) is 0 Å². The predicted octanol–water partition coefficient (Wildman–Crippen LogP) is 3.31. The van der Waals surface area contributed by atoms with E-state index in [-0.39, 0.29) is 11.5 Å². The summed E-state index contributed by atoms with van der Waals surface area (Å²) in [6.45, 7) is 0. The summed E-state index contributed by atoms with van der Waals surface area (Å²) in [5.41, 5.74) is 2.46. The number of fused-ring (bicyclic) bond motifs is 1. The van der Waals surface area contributed by atoms with E-state index in [1.165, 1.54) is 6.07 Å². The predicted molar refractivity (Wildman–Crippen MR) is 70.5 cm³/mol. The number of phenolic OH excluding ortho intramolecular Hbond substituents is 2. The zero-order chi connectivity index (χ0) is 12.5. The zero-order valence-electron chi connectivity index (χ0n) is 9.54. The maximum absolute atomic E-state index is 9.92. The minimum Gasteiger partial charge on any atom is -0.508 e. The molecule has 0 radical (unpaired) electrons. The fourth-order valence-electron chi connectivity index (χ4n) is 2.08. The van der Waals surface area contributed by atoms with Crippen LogP contribution in [0, 0.1) is 0 Å². The maximum atomic E-state index is 9.92. The van der Waals surface area contributed by atoms with Gasteiger partial charge in [0.2, 0.25) is 0 Å². The van der Waals surface area contributed by atoms with Gasteiger partial charge in [0, 0.05) is 23.2 Å². The van der Waals surface area contributed by atoms with Gasteiger partial charge < -0.3 is 10.2 Å². The lowest BCUT2D eigenvalue weighted by Gasteiger charge is -2.08. The van der Waals surface area contributed by atoms with E-state index in [1.54, 1.807) is 18.3 Å². The van der Waals surface area contributed by atoms with Crippen LogP contribution in [0.1, 0.15) is 0 Å². The number of para-hydroxylation sites is 1. The van der Waals surface area contributed by atoms with Crippen LogP contribution in [0.5, 0.6) is 11.5 Å². The highest BCUT2D eigenvalue weighted by Gasteiger charge is 2.08. The number of hydrogen-bond acceptors (Lipinski definition) is 3. The van der Waals surface area contributed by atoms with Crippen LogP contribution in [0.3, 0.4) is 0 Å². The lowest BCUT2D eigenvalue weighted by Crippen LogP contribution is -1.84. The van der Waals surface area contributed by atoms with Crippen LogP contribution >= 0.6 is 0 Å². The van der Waals surface area contributed by atoms with Gasteiger partial charge in [0.05, 0.1) is 5.52 Å². The summed E-state index contributed by atoms with van der Waals surface area (Å²) in [6.07, 6.45) is 1.71. The van der Waals surface area contributed by atoms with Crippen molar-refractivity contribution in [3.05, 3.63) is 54.7 Å². The summed E-state index contributed by atoms with van der Waals surface area (Å²) in [7, 11) is 0. The molecule has 0 atom stereocenters. The first-order chi connectivity index (χ1) is 8.75. The SMILES string of the molecule is Oc1ccc(-c2ccnc3ccccc23)c(O)c1. The normalized spacial score (nSPS) is 10.7. The van der Waals surface area contributed by atoms with Crippen molar-refractivity contribution in [3.63, 3.8) is 0 Å². The lowest BCUT2D eigenvalue weighted by molar-refractivity contribution is 0.452. The molecule has 88 valence electrons. The van der Waals surface area contributed by atoms with Gasteiger partial charge in [-0.2, -0.15) is 0 Å². The molecular weight excluding hydrogens is 226 g/mol. The minimum absolute atomic E-state index is 0.0506. The molecule has 18 heavy (non-hydrogen) atoms. The number of benzene rings is 2. The average molecular weight is 237 g/mol. The van der Waals surface area contributed by atoms with Crippen LogP contribution < -0.4 is 0 Å². The Balaban J connectivity index is 2.31. The van der Waals surface area contributed by atoms with E-state index in [4.69, 9.17) is 0 Å². The van der Waals surface area contributed by atoms with Crippen molar-refractivity contribution < 1.29 is 10.2 Å². The summed E-state index contributed by atoms with van der Waals surface area (Å²) in [5.74, 6) is 0.112. The highest BCUT2D eigenvalue weighted by Crippen LogP contribution is 2.35. The average Bonchev–Trinajstić information content (AvgIpc) is 2.38. The summed E-state index contributed by atoms with van der Waals surface area (Å²) >= 11 is 0. The Morgan fingerprint density at radius 1 is 0.833 bits per heavy atom. The molecule has 0 bridgehead atoms. The van der Waals surface area contributed by atoms with E-state index in [0.29, 0.717) is 5.56 Å². The lowest BCUT2D eigenvalue weighted by atomic mass is 10.0. The van der Waals surface area contributed by atoms with E-state index in [9.17, 15) is 10.2 Å². The number of aromatic hydroxyl groups is 2. The molecule has 0 fully saturated rings. The second-order valence-electron chi connectivity index (χ2n) is 4.08. The molecule has 0 aliphatic heterocycles. The molecule has 0 saturated carbocycles. The van der Waals surface area contributed by atoms with Crippen LogP contribution in [0.4, 0.5) is 0 Å². The zero-order valence-corrected chi connectivity index (χ0v) is 9.54. The molecule has 0 unspecified atom stereocenters. The summed E-state index contributed by atoms with van der Waals surface area (Å²) < 4.78 is 0. The second-order valence-corrected chi connectivity index (χ2v) is 4.08. The Morgan fingerprint density at radius 3 is 2.50 bits per heavy atom. The van der Waals surface area contributed by atoms with Crippen molar-refractivity contribution in [2.45, 2.75) is 0 Å². The summed E-state index contributed by atoms with van der Waals surface area (Å²) in [6, 6.07) is 14.2. The molecule has 0 spiro atoms. The van der Waals surface area contributed by atoms with Crippen LogP contribution in [0.25, 0.3) is 22.0 Å². The quantitative estimate of drug-likeness (QED) is 0.682. The largest absolute Gasteiger partial charge is 0.508 e. The van der Waals surface area contributed by atoms with Crippen LogP contribution in [0.15, 0.2) is 54.7 Å².